The predicted octanol–water partition coefficient (Wildman–Crippen LogP) is 2.32. The molecule has 0 fully saturated rings. The lowest BCUT2D eigenvalue weighted by Gasteiger charge is -2.07. The van der Waals surface area contributed by atoms with Gasteiger partial charge in [0.15, 0.2) is 0 Å². The van der Waals surface area contributed by atoms with Crippen molar-refractivity contribution < 1.29 is 23.5 Å². The summed E-state index contributed by atoms with van der Waals surface area (Å²) in [7, 11) is 1.31. The van der Waals surface area contributed by atoms with Crippen LogP contribution in [-0.2, 0) is 14.3 Å². The lowest BCUT2D eigenvalue weighted by atomic mass is 10.2. The highest BCUT2D eigenvalue weighted by Crippen LogP contribution is 2.16. The lowest BCUT2D eigenvalue weighted by molar-refractivity contribution is -0.116. The van der Waals surface area contributed by atoms with Crippen LogP contribution in [0.2, 0.25) is 0 Å². The van der Waals surface area contributed by atoms with E-state index in [4.69, 9.17) is 9.15 Å². The Labute approximate surface area is 130 Å². The number of amides is 1. The van der Waals surface area contributed by atoms with Gasteiger partial charge in [0.25, 0.3) is 0 Å². The average Bonchev–Trinajstić information content (AvgIpc) is 2.84. The van der Waals surface area contributed by atoms with Crippen molar-refractivity contribution in [1.29, 1.82) is 0 Å². The van der Waals surface area contributed by atoms with E-state index >= 15 is 0 Å². The second-order valence-corrected chi connectivity index (χ2v) is 5.01. The molecule has 6 nitrogen and oxygen atoms in total. The highest BCUT2D eigenvalue weighted by molar-refractivity contribution is 5.93. The van der Waals surface area contributed by atoms with E-state index < -0.39 is 5.97 Å². The minimum absolute atomic E-state index is 0.196. The first-order chi connectivity index (χ1) is 10.4. The molecule has 0 bridgehead atoms. The monoisotopic (exact) mass is 309 g/mol. The average molecular weight is 309 g/mol. The van der Waals surface area contributed by atoms with E-state index in [-0.39, 0.29) is 12.0 Å². The predicted molar refractivity (Wildman–Crippen MR) is 82.5 cm³/mol. The Morgan fingerprint density at radius 1 is 1.41 bits per heavy atom. The minimum atomic E-state index is -0.462. The van der Waals surface area contributed by atoms with Crippen molar-refractivity contribution in [2.45, 2.75) is 33.3 Å². The van der Waals surface area contributed by atoms with Crippen LogP contribution in [0.25, 0.3) is 6.08 Å². The number of nitrogens with one attached hydrogen (secondary N) is 1. The van der Waals surface area contributed by atoms with Crippen molar-refractivity contribution in [3.63, 3.8) is 0 Å². The fraction of sp³-hybridized carbons (Fsp3) is 0.500. The van der Waals surface area contributed by atoms with Gasteiger partial charge in [0.05, 0.1) is 13.2 Å². The van der Waals surface area contributed by atoms with Crippen LogP contribution in [0.1, 0.15) is 42.1 Å². The summed E-state index contributed by atoms with van der Waals surface area (Å²) in [4.78, 5) is 23.1. The summed E-state index contributed by atoms with van der Waals surface area (Å²) in [6.45, 7) is 6.75. The Morgan fingerprint density at radius 3 is 2.77 bits per heavy atom. The van der Waals surface area contributed by atoms with Gasteiger partial charge in [-0.2, -0.15) is 0 Å². The van der Waals surface area contributed by atoms with E-state index in [1.165, 1.54) is 19.3 Å². The quantitative estimate of drug-likeness (QED) is 0.453. The number of furan rings is 1. The first-order valence-electron chi connectivity index (χ1n) is 7.20. The second-order valence-electron chi connectivity index (χ2n) is 5.01. The van der Waals surface area contributed by atoms with Crippen LogP contribution in [0.5, 0.6) is 0 Å². The summed E-state index contributed by atoms with van der Waals surface area (Å²) in [5.41, 5.74) is 0.355. The van der Waals surface area contributed by atoms with E-state index in [1.807, 2.05) is 13.8 Å². The molecule has 1 N–H and O–H groups in total. The molecular weight excluding hydrogens is 286 g/mol. The molecule has 1 aromatic rings. The molecule has 0 aliphatic heterocycles. The molecule has 0 aromatic carbocycles. The molecule has 0 atom stereocenters. The molecule has 1 aromatic heterocycles. The number of hydrogen-bond acceptors (Lipinski definition) is 5. The van der Waals surface area contributed by atoms with E-state index in [0.717, 1.165) is 6.42 Å². The van der Waals surface area contributed by atoms with Crippen molar-refractivity contribution in [1.82, 2.24) is 5.32 Å². The van der Waals surface area contributed by atoms with Crippen LogP contribution in [-0.4, -0.2) is 38.2 Å². The minimum Gasteiger partial charge on any atom is -0.465 e. The molecule has 122 valence electrons. The Hall–Kier alpha value is -2.08. The van der Waals surface area contributed by atoms with Gasteiger partial charge >= 0.3 is 5.97 Å². The number of rotatable bonds is 8. The van der Waals surface area contributed by atoms with Crippen LogP contribution in [0.4, 0.5) is 0 Å². The summed E-state index contributed by atoms with van der Waals surface area (Å²) in [6, 6.07) is 1.54. The maximum atomic E-state index is 11.6. The molecule has 6 heteroatoms. The van der Waals surface area contributed by atoms with Gasteiger partial charge in [0.1, 0.15) is 17.1 Å². The van der Waals surface area contributed by atoms with Gasteiger partial charge in [-0.05, 0) is 39.3 Å². The number of methoxy groups -OCH3 is 1. The summed E-state index contributed by atoms with van der Waals surface area (Å²) in [5.74, 6) is 0.197. The number of hydrogen-bond donors (Lipinski definition) is 1. The Kier molecular flexibility index (Phi) is 7.39. The molecule has 22 heavy (non-hydrogen) atoms. The molecule has 0 aliphatic carbocycles. The molecule has 1 rings (SSSR count). The molecule has 0 spiro atoms. The summed E-state index contributed by atoms with van der Waals surface area (Å²) < 4.78 is 15.4. The van der Waals surface area contributed by atoms with Crippen molar-refractivity contribution in [2.24, 2.45) is 0 Å². The van der Waals surface area contributed by atoms with E-state index in [2.05, 4.69) is 10.1 Å². The number of esters is 1. The maximum Gasteiger partial charge on any atom is 0.341 e. The lowest BCUT2D eigenvalue weighted by Crippen LogP contribution is -2.23. The summed E-state index contributed by atoms with van der Waals surface area (Å²) in [5, 5.41) is 2.74. The van der Waals surface area contributed by atoms with Gasteiger partial charge in [0.2, 0.25) is 5.91 Å². The zero-order valence-electron chi connectivity index (χ0n) is 13.5. The molecular formula is C16H23NO5. The summed E-state index contributed by atoms with van der Waals surface area (Å²) >= 11 is 0. The molecule has 1 amide bonds. The molecule has 0 saturated carbocycles. The molecule has 0 unspecified atom stereocenters. The van der Waals surface area contributed by atoms with Gasteiger partial charge in [-0.3, -0.25) is 4.79 Å². The largest absolute Gasteiger partial charge is 0.465 e. The van der Waals surface area contributed by atoms with Crippen LogP contribution >= 0.6 is 0 Å². The number of aryl methyl sites for hydroxylation is 1. The third kappa shape index (κ3) is 6.13. The van der Waals surface area contributed by atoms with Crippen molar-refractivity contribution >= 4 is 18.0 Å². The zero-order chi connectivity index (χ0) is 16.5. The smallest absolute Gasteiger partial charge is 0.341 e. The van der Waals surface area contributed by atoms with E-state index in [1.54, 1.807) is 13.0 Å². The Balaban J connectivity index is 2.41. The Morgan fingerprint density at radius 2 is 2.14 bits per heavy atom. The molecule has 0 radical (unpaired) electrons. The number of carbonyl (C=O) groups excluding carboxylic acids is 2. The molecule has 0 saturated heterocycles. The van der Waals surface area contributed by atoms with Crippen LogP contribution in [0.3, 0.4) is 0 Å². The highest BCUT2D eigenvalue weighted by atomic mass is 16.5. The fourth-order valence-electron chi connectivity index (χ4n) is 1.72. The molecule has 1 heterocycles. The Bertz CT molecular complexity index is 531. The first kappa shape index (κ1) is 18.0. The maximum absolute atomic E-state index is 11.6. The van der Waals surface area contributed by atoms with Crippen molar-refractivity contribution in [3.05, 3.63) is 29.2 Å². The highest BCUT2D eigenvalue weighted by Gasteiger charge is 2.14. The van der Waals surface area contributed by atoms with Gasteiger partial charge in [-0.1, -0.05) is 0 Å². The normalized spacial score (nSPS) is 11.1. The standard InChI is InChI=1S/C16H23NO5/c1-11(2)21-9-5-8-17-15(18)7-6-13-10-14(12(3)22-13)16(19)20-4/h6-7,10-11H,5,8-9H2,1-4H3,(H,17,18). The van der Waals surface area contributed by atoms with Crippen LogP contribution < -0.4 is 5.32 Å². The fourth-order valence-corrected chi connectivity index (χ4v) is 1.72. The number of carbonyl (C=O) groups is 2. The van der Waals surface area contributed by atoms with Crippen molar-refractivity contribution in [3.8, 4) is 0 Å². The second kappa shape index (κ2) is 9.04. The van der Waals surface area contributed by atoms with E-state index in [9.17, 15) is 9.59 Å². The first-order valence-corrected chi connectivity index (χ1v) is 7.20. The van der Waals surface area contributed by atoms with Gasteiger partial charge < -0.3 is 19.2 Å². The number of ether oxygens (including phenoxy) is 2. The van der Waals surface area contributed by atoms with Crippen LogP contribution in [0, 0.1) is 6.92 Å². The summed E-state index contributed by atoms with van der Waals surface area (Å²) in [6.07, 6.45) is 3.83. The third-order valence-electron chi connectivity index (χ3n) is 2.81. The zero-order valence-corrected chi connectivity index (χ0v) is 13.5. The van der Waals surface area contributed by atoms with Crippen molar-refractivity contribution in [2.75, 3.05) is 20.3 Å². The van der Waals surface area contributed by atoms with Gasteiger partial charge in [0, 0.05) is 19.2 Å². The van der Waals surface area contributed by atoms with Gasteiger partial charge in [-0.25, -0.2) is 4.79 Å². The topological polar surface area (TPSA) is 77.8 Å². The third-order valence-corrected chi connectivity index (χ3v) is 2.81. The van der Waals surface area contributed by atoms with E-state index in [0.29, 0.717) is 30.2 Å². The SMILES string of the molecule is COC(=O)c1cc(C=CC(=O)NCCCOC(C)C)oc1C. The van der Waals surface area contributed by atoms with Crippen LogP contribution in [0.15, 0.2) is 16.6 Å². The van der Waals surface area contributed by atoms with Gasteiger partial charge in [-0.15, -0.1) is 0 Å². The molecule has 0 aliphatic rings.